The highest BCUT2D eigenvalue weighted by Crippen LogP contribution is 1.96. The van der Waals surface area contributed by atoms with Crippen LogP contribution in [0.5, 0.6) is 0 Å². The van der Waals surface area contributed by atoms with Crippen LogP contribution in [0.4, 0.5) is 0 Å². The summed E-state index contributed by atoms with van der Waals surface area (Å²) in [5.74, 6) is -0.323. The summed E-state index contributed by atoms with van der Waals surface area (Å²) in [6, 6.07) is 10.1. The Morgan fingerprint density at radius 3 is 2.80 bits per heavy atom. The fourth-order valence-corrected chi connectivity index (χ4v) is 1.12. The van der Waals surface area contributed by atoms with Crippen molar-refractivity contribution in [3.8, 4) is 0 Å². The molecule has 0 amide bonds. The zero-order chi connectivity index (χ0) is 10.9. The molecule has 0 radical (unpaired) electrons. The lowest BCUT2D eigenvalue weighted by Gasteiger charge is -2.00. The highest BCUT2D eigenvalue weighted by Gasteiger charge is 1.90. The van der Waals surface area contributed by atoms with Gasteiger partial charge in [0.15, 0.2) is 0 Å². The maximum absolute atomic E-state index is 10.7. The Hall–Kier alpha value is -1.61. The van der Waals surface area contributed by atoms with Crippen LogP contribution in [0.1, 0.15) is 5.56 Å². The first-order chi connectivity index (χ1) is 7.33. The van der Waals surface area contributed by atoms with Crippen LogP contribution < -0.4 is 5.32 Å². The van der Waals surface area contributed by atoms with Crippen LogP contribution in [-0.4, -0.2) is 19.6 Å². The fourth-order valence-electron chi connectivity index (χ4n) is 1.12. The maximum atomic E-state index is 10.7. The number of benzene rings is 1. The quantitative estimate of drug-likeness (QED) is 0.450. The molecule has 1 aromatic rings. The van der Waals surface area contributed by atoms with Gasteiger partial charge in [-0.2, -0.15) is 0 Å². The summed E-state index contributed by atoms with van der Waals surface area (Å²) in [7, 11) is 1.37. The summed E-state index contributed by atoms with van der Waals surface area (Å²) in [5, 5.41) is 3.19. The monoisotopic (exact) mass is 205 g/mol. The number of carbonyl (C=O) groups excluding carboxylic acids is 1. The Morgan fingerprint density at radius 2 is 2.13 bits per heavy atom. The molecule has 0 bridgehead atoms. The molecule has 15 heavy (non-hydrogen) atoms. The van der Waals surface area contributed by atoms with Crippen LogP contribution in [0.15, 0.2) is 42.5 Å². The normalized spacial score (nSPS) is 10.5. The third kappa shape index (κ3) is 4.98. The summed E-state index contributed by atoms with van der Waals surface area (Å²) >= 11 is 0. The lowest BCUT2D eigenvalue weighted by Crippen LogP contribution is -2.13. The van der Waals surface area contributed by atoms with Crippen LogP contribution in [0.2, 0.25) is 0 Å². The van der Waals surface area contributed by atoms with Gasteiger partial charge in [0.25, 0.3) is 0 Å². The fraction of sp³-hybridized carbons (Fsp3) is 0.250. The maximum Gasteiger partial charge on any atom is 0.330 e. The SMILES string of the molecule is COC(=O)C=CCNCc1ccccc1. The zero-order valence-electron chi connectivity index (χ0n) is 8.77. The van der Waals surface area contributed by atoms with Crippen molar-refractivity contribution < 1.29 is 9.53 Å². The van der Waals surface area contributed by atoms with Crippen LogP contribution in [0, 0.1) is 0 Å². The lowest BCUT2D eigenvalue weighted by molar-refractivity contribution is -0.134. The summed E-state index contributed by atoms with van der Waals surface area (Å²) in [5.41, 5.74) is 1.23. The Morgan fingerprint density at radius 1 is 1.40 bits per heavy atom. The van der Waals surface area contributed by atoms with E-state index in [0.717, 1.165) is 6.54 Å². The number of carbonyl (C=O) groups is 1. The van der Waals surface area contributed by atoms with Crippen molar-refractivity contribution in [1.82, 2.24) is 5.32 Å². The average molecular weight is 205 g/mol. The number of esters is 1. The first-order valence-corrected chi connectivity index (χ1v) is 4.82. The molecule has 0 unspecified atom stereocenters. The number of nitrogens with one attached hydrogen (secondary N) is 1. The van der Waals surface area contributed by atoms with Gasteiger partial charge in [0.2, 0.25) is 0 Å². The summed E-state index contributed by atoms with van der Waals surface area (Å²) in [6.45, 7) is 1.45. The summed E-state index contributed by atoms with van der Waals surface area (Å²) < 4.78 is 4.46. The predicted octanol–water partition coefficient (Wildman–Crippen LogP) is 1.51. The van der Waals surface area contributed by atoms with Gasteiger partial charge in [0, 0.05) is 19.2 Å². The van der Waals surface area contributed by atoms with Crippen molar-refractivity contribution in [3.63, 3.8) is 0 Å². The molecule has 0 fully saturated rings. The van der Waals surface area contributed by atoms with Gasteiger partial charge in [-0.05, 0) is 5.56 Å². The number of hydrogen-bond acceptors (Lipinski definition) is 3. The van der Waals surface area contributed by atoms with Crippen molar-refractivity contribution in [2.75, 3.05) is 13.7 Å². The van der Waals surface area contributed by atoms with Gasteiger partial charge in [-0.15, -0.1) is 0 Å². The minimum Gasteiger partial charge on any atom is -0.466 e. The molecule has 0 aliphatic carbocycles. The van der Waals surface area contributed by atoms with E-state index in [2.05, 4.69) is 22.2 Å². The number of methoxy groups -OCH3 is 1. The molecule has 1 N–H and O–H groups in total. The lowest BCUT2D eigenvalue weighted by atomic mass is 10.2. The first-order valence-electron chi connectivity index (χ1n) is 4.82. The molecular weight excluding hydrogens is 190 g/mol. The molecule has 0 aromatic heterocycles. The minimum atomic E-state index is -0.323. The smallest absolute Gasteiger partial charge is 0.330 e. The van der Waals surface area contributed by atoms with Crippen molar-refractivity contribution >= 4 is 5.97 Å². The molecule has 0 aliphatic rings. The van der Waals surface area contributed by atoms with Gasteiger partial charge in [0.1, 0.15) is 0 Å². The number of ether oxygens (including phenoxy) is 1. The van der Waals surface area contributed by atoms with E-state index >= 15 is 0 Å². The average Bonchev–Trinajstić information content (AvgIpc) is 2.29. The van der Waals surface area contributed by atoms with Gasteiger partial charge < -0.3 is 10.1 Å². The van der Waals surface area contributed by atoms with Gasteiger partial charge in [-0.25, -0.2) is 4.79 Å². The van der Waals surface area contributed by atoms with E-state index in [1.807, 2.05) is 18.2 Å². The molecule has 3 heteroatoms. The van der Waals surface area contributed by atoms with Gasteiger partial charge in [-0.1, -0.05) is 36.4 Å². The molecule has 0 aliphatic heterocycles. The van der Waals surface area contributed by atoms with E-state index in [9.17, 15) is 4.79 Å². The van der Waals surface area contributed by atoms with E-state index in [1.165, 1.54) is 18.7 Å². The Balaban J connectivity index is 2.17. The van der Waals surface area contributed by atoms with E-state index in [4.69, 9.17) is 0 Å². The van der Waals surface area contributed by atoms with Crippen molar-refractivity contribution in [2.24, 2.45) is 0 Å². The zero-order valence-corrected chi connectivity index (χ0v) is 8.77. The Bertz CT molecular complexity index is 320. The summed E-state index contributed by atoms with van der Waals surface area (Å²) in [6.07, 6.45) is 3.16. The molecule has 0 saturated carbocycles. The van der Waals surface area contributed by atoms with Crippen LogP contribution in [-0.2, 0) is 16.1 Å². The molecular formula is C12H15NO2. The van der Waals surface area contributed by atoms with E-state index in [-0.39, 0.29) is 5.97 Å². The number of rotatable bonds is 5. The minimum absolute atomic E-state index is 0.323. The first kappa shape index (κ1) is 11.5. The number of hydrogen-bond donors (Lipinski definition) is 1. The third-order valence-electron chi connectivity index (χ3n) is 1.89. The van der Waals surface area contributed by atoms with Crippen molar-refractivity contribution in [2.45, 2.75) is 6.54 Å². The predicted molar refractivity (Wildman–Crippen MR) is 59.3 cm³/mol. The second-order valence-electron chi connectivity index (χ2n) is 3.04. The van der Waals surface area contributed by atoms with Crippen molar-refractivity contribution in [1.29, 1.82) is 0 Å². The van der Waals surface area contributed by atoms with Gasteiger partial charge in [0.05, 0.1) is 7.11 Å². The van der Waals surface area contributed by atoms with E-state index < -0.39 is 0 Å². The van der Waals surface area contributed by atoms with Gasteiger partial charge in [-0.3, -0.25) is 0 Å². The molecule has 1 aromatic carbocycles. The van der Waals surface area contributed by atoms with Crippen LogP contribution in [0.3, 0.4) is 0 Å². The van der Waals surface area contributed by atoms with E-state index in [0.29, 0.717) is 6.54 Å². The van der Waals surface area contributed by atoms with Crippen LogP contribution >= 0.6 is 0 Å². The molecule has 3 nitrogen and oxygen atoms in total. The molecule has 0 heterocycles. The molecule has 80 valence electrons. The van der Waals surface area contributed by atoms with Gasteiger partial charge >= 0.3 is 5.97 Å². The Labute approximate surface area is 89.8 Å². The standard InChI is InChI=1S/C12H15NO2/c1-15-12(14)8-5-9-13-10-11-6-3-2-4-7-11/h2-8,13H,9-10H2,1H3. The highest BCUT2D eigenvalue weighted by atomic mass is 16.5. The van der Waals surface area contributed by atoms with E-state index in [1.54, 1.807) is 6.08 Å². The highest BCUT2D eigenvalue weighted by molar-refractivity contribution is 5.81. The van der Waals surface area contributed by atoms with Crippen LogP contribution in [0.25, 0.3) is 0 Å². The second kappa shape index (κ2) is 6.79. The van der Waals surface area contributed by atoms with Crippen molar-refractivity contribution in [3.05, 3.63) is 48.0 Å². The largest absolute Gasteiger partial charge is 0.466 e. The summed E-state index contributed by atoms with van der Waals surface area (Å²) in [4.78, 5) is 10.7. The molecule has 0 spiro atoms. The second-order valence-corrected chi connectivity index (χ2v) is 3.04. The molecule has 0 saturated heterocycles. The topological polar surface area (TPSA) is 38.3 Å². The Kier molecular flexibility index (Phi) is 5.19. The molecule has 1 rings (SSSR count). The third-order valence-corrected chi connectivity index (χ3v) is 1.89. The molecule has 0 atom stereocenters.